The van der Waals surface area contributed by atoms with E-state index in [-0.39, 0.29) is 16.7 Å². The smallest absolute Gasteiger partial charge is 0.339 e. The van der Waals surface area contributed by atoms with Gasteiger partial charge >= 0.3 is 11.9 Å². The second-order valence-corrected chi connectivity index (χ2v) is 4.86. The third-order valence-electron chi connectivity index (χ3n) is 2.33. The third kappa shape index (κ3) is 3.31. The Kier molecular flexibility index (Phi) is 3.56. The Labute approximate surface area is 100 Å². The van der Waals surface area contributed by atoms with Crippen molar-refractivity contribution >= 4 is 11.9 Å². The molecule has 4 heteroatoms. The molecule has 0 bridgehead atoms. The number of benzene rings is 1. The molecule has 0 atom stereocenters. The van der Waals surface area contributed by atoms with Crippen molar-refractivity contribution in [2.24, 2.45) is 0 Å². The summed E-state index contributed by atoms with van der Waals surface area (Å²) in [6.45, 7) is 7.20. The molecule has 4 nitrogen and oxygen atoms in total. The molecule has 0 amide bonds. The van der Waals surface area contributed by atoms with E-state index < -0.39 is 11.9 Å². The van der Waals surface area contributed by atoms with Crippen LogP contribution in [0.1, 0.15) is 43.6 Å². The quantitative estimate of drug-likeness (QED) is 0.633. The average Bonchev–Trinajstić information content (AvgIpc) is 2.15. The molecule has 0 saturated carbocycles. The van der Waals surface area contributed by atoms with Crippen molar-refractivity contribution in [3.8, 4) is 5.75 Å². The van der Waals surface area contributed by atoms with E-state index in [2.05, 4.69) is 0 Å². The molecule has 1 aromatic carbocycles. The minimum atomic E-state index is -1.10. The molecule has 0 aliphatic carbocycles. The predicted octanol–water partition coefficient (Wildman–Crippen LogP) is 2.61. The number of aromatic carboxylic acids is 1. The maximum Gasteiger partial charge on any atom is 0.339 e. The van der Waals surface area contributed by atoms with Gasteiger partial charge in [-0.3, -0.25) is 4.79 Å². The number of ether oxygens (including phenoxy) is 1. The van der Waals surface area contributed by atoms with Crippen LogP contribution in [-0.2, 0) is 10.2 Å². The van der Waals surface area contributed by atoms with Crippen LogP contribution in [0.25, 0.3) is 0 Å². The highest BCUT2D eigenvalue weighted by atomic mass is 16.5. The van der Waals surface area contributed by atoms with Gasteiger partial charge in [0.2, 0.25) is 0 Å². The van der Waals surface area contributed by atoms with Crippen LogP contribution >= 0.6 is 0 Å². The molecule has 17 heavy (non-hydrogen) atoms. The van der Waals surface area contributed by atoms with Crippen molar-refractivity contribution in [2.45, 2.75) is 33.1 Å². The number of carbonyl (C=O) groups excluding carboxylic acids is 1. The molecule has 0 aliphatic heterocycles. The maximum atomic E-state index is 11.1. The van der Waals surface area contributed by atoms with Gasteiger partial charge in [-0.2, -0.15) is 0 Å². The van der Waals surface area contributed by atoms with E-state index in [4.69, 9.17) is 9.84 Å². The topological polar surface area (TPSA) is 63.6 Å². The lowest BCUT2D eigenvalue weighted by molar-refractivity contribution is -0.131. The fourth-order valence-electron chi connectivity index (χ4n) is 1.41. The summed E-state index contributed by atoms with van der Waals surface area (Å²) in [5.41, 5.74) is 0.734. The van der Waals surface area contributed by atoms with Gasteiger partial charge in [0.25, 0.3) is 0 Å². The van der Waals surface area contributed by atoms with Crippen LogP contribution in [0, 0.1) is 0 Å². The molecule has 0 aliphatic rings. The predicted molar refractivity (Wildman–Crippen MR) is 63.4 cm³/mol. The third-order valence-corrected chi connectivity index (χ3v) is 2.33. The first kappa shape index (κ1) is 13.2. The Morgan fingerprint density at radius 1 is 1.24 bits per heavy atom. The highest BCUT2D eigenvalue weighted by Gasteiger charge is 2.19. The first-order chi connectivity index (χ1) is 7.71. The minimum Gasteiger partial charge on any atom is -0.478 e. The zero-order valence-corrected chi connectivity index (χ0v) is 10.4. The van der Waals surface area contributed by atoms with E-state index in [1.54, 1.807) is 12.1 Å². The van der Waals surface area contributed by atoms with Crippen molar-refractivity contribution in [2.75, 3.05) is 0 Å². The van der Waals surface area contributed by atoms with E-state index in [9.17, 15) is 9.59 Å². The number of esters is 1. The van der Waals surface area contributed by atoms with Crippen LogP contribution in [0.4, 0.5) is 0 Å². The van der Waals surface area contributed by atoms with Gasteiger partial charge in [-0.05, 0) is 23.1 Å². The zero-order valence-electron chi connectivity index (χ0n) is 10.4. The molecule has 0 saturated heterocycles. The summed E-state index contributed by atoms with van der Waals surface area (Å²) in [6.07, 6.45) is 0. The summed E-state index contributed by atoms with van der Waals surface area (Å²) in [5.74, 6) is -1.55. The van der Waals surface area contributed by atoms with Gasteiger partial charge in [0, 0.05) is 6.92 Å². The number of carbonyl (C=O) groups is 2. The molecular weight excluding hydrogens is 220 g/mol. The first-order valence-corrected chi connectivity index (χ1v) is 5.28. The lowest BCUT2D eigenvalue weighted by Gasteiger charge is -2.20. The molecule has 0 aromatic heterocycles. The van der Waals surface area contributed by atoms with Crippen LogP contribution in [0.3, 0.4) is 0 Å². The lowest BCUT2D eigenvalue weighted by Crippen LogP contribution is -2.14. The van der Waals surface area contributed by atoms with Gasteiger partial charge in [0.1, 0.15) is 11.3 Å². The number of carboxylic acids is 1. The highest BCUT2D eigenvalue weighted by Crippen LogP contribution is 2.28. The minimum absolute atomic E-state index is 0.00706. The highest BCUT2D eigenvalue weighted by molar-refractivity contribution is 5.92. The second-order valence-electron chi connectivity index (χ2n) is 4.86. The molecule has 92 valence electrons. The van der Waals surface area contributed by atoms with Crippen LogP contribution in [0.5, 0.6) is 5.75 Å². The Bertz CT molecular complexity index is 455. The summed E-state index contributed by atoms with van der Waals surface area (Å²) in [7, 11) is 0. The summed E-state index contributed by atoms with van der Waals surface area (Å²) in [5, 5.41) is 9.08. The van der Waals surface area contributed by atoms with Gasteiger partial charge in [0.15, 0.2) is 0 Å². The van der Waals surface area contributed by atoms with Crippen molar-refractivity contribution in [1.29, 1.82) is 0 Å². The number of hydrogen-bond donors (Lipinski definition) is 1. The summed E-state index contributed by atoms with van der Waals surface area (Å²) in [4.78, 5) is 21.9. The Morgan fingerprint density at radius 2 is 1.82 bits per heavy atom. The van der Waals surface area contributed by atoms with E-state index in [0.717, 1.165) is 5.56 Å². The molecule has 1 aromatic rings. The van der Waals surface area contributed by atoms with Crippen LogP contribution < -0.4 is 4.74 Å². The van der Waals surface area contributed by atoms with Gasteiger partial charge in [-0.25, -0.2) is 4.79 Å². The second kappa shape index (κ2) is 4.57. The largest absolute Gasteiger partial charge is 0.478 e. The molecule has 1 rings (SSSR count). The van der Waals surface area contributed by atoms with Crippen molar-refractivity contribution < 1.29 is 19.4 Å². The molecule has 0 spiro atoms. The van der Waals surface area contributed by atoms with Crippen molar-refractivity contribution in [1.82, 2.24) is 0 Å². The standard InChI is InChI=1S/C13H16O4/c1-8(14)17-11-6-5-9(13(2,3)4)7-10(11)12(15)16/h5-7H,1-4H3,(H,15,16). The summed E-state index contributed by atoms with van der Waals surface area (Å²) < 4.78 is 4.85. The average molecular weight is 236 g/mol. The molecule has 0 heterocycles. The fraction of sp³-hybridized carbons (Fsp3) is 0.385. The van der Waals surface area contributed by atoms with Crippen LogP contribution in [-0.4, -0.2) is 17.0 Å². The molecule has 0 unspecified atom stereocenters. The molecular formula is C13H16O4. The normalized spacial score (nSPS) is 11.1. The monoisotopic (exact) mass is 236 g/mol. The lowest BCUT2D eigenvalue weighted by atomic mass is 9.86. The van der Waals surface area contributed by atoms with Crippen molar-refractivity contribution in [3.63, 3.8) is 0 Å². The Hall–Kier alpha value is -1.84. The van der Waals surface area contributed by atoms with Crippen LogP contribution in [0.2, 0.25) is 0 Å². The molecule has 1 N–H and O–H groups in total. The van der Waals surface area contributed by atoms with Crippen LogP contribution in [0.15, 0.2) is 18.2 Å². The Morgan fingerprint density at radius 3 is 2.24 bits per heavy atom. The summed E-state index contributed by atoms with van der Waals surface area (Å²) in [6, 6.07) is 4.83. The van der Waals surface area contributed by atoms with E-state index in [1.807, 2.05) is 20.8 Å². The van der Waals surface area contributed by atoms with Gasteiger partial charge in [0.05, 0.1) is 0 Å². The number of hydrogen-bond acceptors (Lipinski definition) is 3. The zero-order chi connectivity index (χ0) is 13.2. The first-order valence-electron chi connectivity index (χ1n) is 5.28. The number of rotatable bonds is 2. The molecule has 0 fully saturated rings. The number of carboxylic acid groups (broad SMARTS) is 1. The maximum absolute atomic E-state index is 11.1. The van der Waals surface area contributed by atoms with Gasteiger partial charge < -0.3 is 9.84 Å². The summed E-state index contributed by atoms with van der Waals surface area (Å²) >= 11 is 0. The molecule has 0 radical (unpaired) electrons. The Balaban J connectivity index is 3.27. The van der Waals surface area contributed by atoms with Gasteiger partial charge in [-0.1, -0.05) is 26.8 Å². The van der Waals surface area contributed by atoms with E-state index >= 15 is 0 Å². The fourth-order valence-corrected chi connectivity index (χ4v) is 1.41. The van der Waals surface area contributed by atoms with E-state index in [0.29, 0.717) is 0 Å². The SMILES string of the molecule is CC(=O)Oc1ccc(C(C)(C)C)cc1C(=O)O. The van der Waals surface area contributed by atoms with Crippen molar-refractivity contribution in [3.05, 3.63) is 29.3 Å². The van der Waals surface area contributed by atoms with E-state index in [1.165, 1.54) is 13.0 Å². The van der Waals surface area contributed by atoms with Gasteiger partial charge in [-0.15, -0.1) is 0 Å².